The van der Waals surface area contributed by atoms with E-state index < -0.39 is 49.5 Å². The first-order chi connectivity index (χ1) is 26.8. The molecule has 1 aliphatic heterocycles. The standard InChI is InChI=1S/C46H91NO8/c1-3-5-7-9-11-13-15-16-17-18-19-20-21-22-23-24-26-27-29-31-33-35-40(49)39(38-54-46-45(53)44(52)43(51)41(37-48)55-46)47-42(50)36-34-32-30-28-25-14-12-10-8-6-4-2/h39-41,43-46,48-49,51-53H,3-38H2,1-2H3,(H,47,50). The number of aliphatic hydroxyl groups is 5. The molecule has 7 unspecified atom stereocenters. The molecule has 328 valence electrons. The van der Waals surface area contributed by atoms with E-state index in [4.69, 9.17) is 9.47 Å². The molecule has 0 aromatic heterocycles. The third-order valence-corrected chi connectivity index (χ3v) is 11.7. The molecule has 6 N–H and O–H groups in total. The Labute approximate surface area is 338 Å². The van der Waals surface area contributed by atoms with Crippen LogP contribution in [0.3, 0.4) is 0 Å². The summed E-state index contributed by atoms with van der Waals surface area (Å²) in [5, 5.41) is 54.3. The summed E-state index contributed by atoms with van der Waals surface area (Å²) in [5.74, 6) is -0.142. The molecule has 0 spiro atoms. The van der Waals surface area contributed by atoms with Gasteiger partial charge in [0.1, 0.15) is 24.4 Å². The summed E-state index contributed by atoms with van der Waals surface area (Å²) in [6.45, 7) is 3.84. The number of nitrogens with one attached hydrogen (secondary N) is 1. The fraction of sp³-hybridized carbons (Fsp3) is 0.978. The number of carbonyl (C=O) groups excluding carboxylic acids is 1. The van der Waals surface area contributed by atoms with Gasteiger partial charge in [-0.2, -0.15) is 0 Å². The zero-order chi connectivity index (χ0) is 40.2. The van der Waals surface area contributed by atoms with E-state index in [1.165, 1.54) is 167 Å². The Morgan fingerprint density at radius 1 is 0.545 bits per heavy atom. The third kappa shape index (κ3) is 28.3. The van der Waals surface area contributed by atoms with Crippen molar-refractivity contribution in [1.29, 1.82) is 0 Å². The second kappa shape index (κ2) is 37.5. The minimum Gasteiger partial charge on any atom is -0.394 e. The van der Waals surface area contributed by atoms with Crippen molar-refractivity contribution in [2.45, 2.75) is 275 Å². The van der Waals surface area contributed by atoms with Gasteiger partial charge in [-0.25, -0.2) is 0 Å². The Kier molecular flexibility index (Phi) is 35.6. The van der Waals surface area contributed by atoms with Crippen molar-refractivity contribution in [2.75, 3.05) is 13.2 Å². The molecular weight excluding hydrogens is 695 g/mol. The number of aliphatic hydroxyl groups excluding tert-OH is 5. The maximum Gasteiger partial charge on any atom is 0.220 e. The molecule has 1 rings (SSSR count). The highest BCUT2D eigenvalue weighted by Gasteiger charge is 2.44. The van der Waals surface area contributed by atoms with Gasteiger partial charge in [0, 0.05) is 6.42 Å². The Hall–Kier alpha value is -0.810. The van der Waals surface area contributed by atoms with E-state index in [1.54, 1.807) is 0 Å². The van der Waals surface area contributed by atoms with Crippen LogP contribution in [0.25, 0.3) is 0 Å². The largest absolute Gasteiger partial charge is 0.394 e. The molecule has 0 aromatic carbocycles. The highest BCUT2D eigenvalue weighted by Crippen LogP contribution is 2.23. The third-order valence-electron chi connectivity index (χ3n) is 11.7. The van der Waals surface area contributed by atoms with E-state index in [9.17, 15) is 30.3 Å². The predicted octanol–water partition coefficient (Wildman–Crippen LogP) is 9.95. The molecule has 0 aliphatic carbocycles. The second-order valence-electron chi connectivity index (χ2n) is 16.9. The summed E-state index contributed by atoms with van der Waals surface area (Å²) >= 11 is 0. The number of carbonyl (C=O) groups is 1. The quantitative estimate of drug-likeness (QED) is 0.0337. The van der Waals surface area contributed by atoms with Crippen molar-refractivity contribution in [3.8, 4) is 0 Å². The number of unbranched alkanes of at least 4 members (excludes halogenated alkanes) is 30. The molecule has 7 atom stereocenters. The highest BCUT2D eigenvalue weighted by molar-refractivity contribution is 5.76. The van der Waals surface area contributed by atoms with Gasteiger partial charge in [-0.3, -0.25) is 4.79 Å². The van der Waals surface area contributed by atoms with Crippen LogP contribution in [0.4, 0.5) is 0 Å². The smallest absolute Gasteiger partial charge is 0.220 e. The van der Waals surface area contributed by atoms with E-state index in [0.29, 0.717) is 12.8 Å². The zero-order valence-corrected chi connectivity index (χ0v) is 36.0. The first-order valence-electron chi connectivity index (χ1n) is 23.7. The summed E-state index contributed by atoms with van der Waals surface area (Å²) in [5.41, 5.74) is 0. The number of rotatable bonds is 40. The Bertz CT molecular complexity index is 832. The molecule has 9 heteroatoms. The fourth-order valence-corrected chi connectivity index (χ4v) is 7.87. The Morgan fingerprint density at radius 2 is 0.909 bits per heavy atom. The molecular formula is C46H91NO8. The molecule has 0 bridgehead atoms. The van der Waals surface area contributed by atoms with E-state index >= 15 is 0 Å². The van der Waals surface area contributed by atoms with Gasteiger partial charge in [-0.15, -0.1) is 0 Å². The van der Waals surface area contributed by atoms with Crippen LogP contribution in [0, 0.1) is 0 Å². The van der Waals surface area contributed by atoms with E-state index in [0.717, 1.165) is 38.5 Å². The van der Waals surface area contributed by atoms with Gasteiger partial charge in [0.25, 0.3) is 0 Å². The van der Waals surface area contributed by atoms with Gasteiger partial charge in [-0.05, 0) is 12.8 Å². The first-order valence-corrected chi connectivity index (χ1v) is 23.7. The topological polar surface area (TPSA) is 149 Å². The van der Waals surface area contributed by atoms with Crippen LogP contribution < -0.4 is 5.32 Å². The van der Waals surface area contributed by atoms with Crippen LogP contribution in [0.1, 0.15) is 232 Å². The minimum absolute atomic E-state index is 0.132. The van der Waals surface area contributed by atoms with Crippen LogP contribution in [-0.4, -0.2) is 87.5 Å². The molecule has 0 aromatic rings. The van der Waals surface area contributed by atoms with E-state index in [2.05, 4.69) is 19.2 Å². The van der Waals surface area contributed by atoms with Crippen molar-refractivity contribution >= 4 is 5.91 Å². The number of hydrogen-bond acceptors (Lipinski definition) is 8. The van der Waals surface area contributed by atoms with Gasteiger partial charge in [0.05, 0.1) is 25.4 Å². The molecule has 1 saturated heterocycles. The molecule has 1 heterocycles. The van der Waals surface area contributed by atoms with Crippen LogP contribution in [0.5, 0.6) is 0 Å². The summed E-state index contributed by atoms with van der Waals surface area (Å²) in [7, 11) is 0. The molecule has 0 radical (unpaired) electrons. The van der Waals surface area contributed by atoms with Crippen molar-refractivity contribution in [1.82, 2.24) is 5.32 Å². The summed E-state index contributed by atoms with van der Waals surface area (Å²) in [4.78, 5) is 12.9. The maximum absolute atomic E-state index is 12.9. The highest BCUT2D eigenvalue weighted by atomic mass is 16.7. The van der Waals surface area contributed by atoms with Crippen molar-refractivity contribution < 1.29 is 39.8 Å². The zero-order valence-electron chi connectivity index (χ0n) is 36.0. The maximum atomic E-state index is 12.9. The van der Waals surface area contributed by atoms with Crippen LogP contribution >= 0.6 is 0 Å². The molecule has 9 nitrogen and oxygen atoms in total. The Balaban J connectivity index is 2.26. The van der Waals surface area contributed by atoms with Crippen molar-refractivity contribution in [3.05, 3.63) is 0 Å². The fourth-order valence-electron chi connectivity index (χ4n) is 7.87. The summed E-state index contributed by atoms with van der Waals surface area (Å²) < 4.78 is 11.3. The lowest BCUT2D eigenvalue weighted by atomic mass is 9.99. The van der Waals surface area contributed by atoms with Gasteiger partial charge < -0.3 is 40.3 Å². The molecule has 1 aliphatic rings. The molecule has 1 fully saturated rings. The van der Waals surface area contributed by atoms with Crippen LogP contribution in [0.2, 0.25) is 0 Å². The van der Waals surface area contributed by atoms with Gasteiger partial charge >= 0.3 is 0 Å². The van der Waals surface area contributed by atoms with Crippen LogP contribution in [0.15, 0.2) is 0 Å². The van der Waals surface area contributed by atoms with Crippen LogP contribution in [-0.2, 0) is 14.3 Å². The summed E-state index contributed by atoms with van der Waals surface area (Å²) in [6.07, 6.45) is 34.0. The molecule has 0 saturated carbocycles. The lowest BCUT2D eigenvalue weighted by Gasteiger charge is -2.40. The van der Waals surface area contributed by atoms with Crippen molar-refractivity contribution in [2.24, 2.45) is 0 Å². The molecule has 1 amide bonds. The summed E-state index contributed by atoms with van der Waals surface area (Å²) in [6, 6.07) is -0.710. The normalized spacial score (nSPS) is 21.2. The van der Waals surface area contributed by atoms with Gasteiger partial charge in [0.15, 0.2) is 6.29 Å². The van der Waals surface area contributed by atoms with E-state index in [1.807, 2.05) is 0 Å². The minimum atomic E-state index is -1.55. The average molecular weight is 786 g/mol. The monoisotopic (exact) mass is 786 g/mol. The van der Waals surface area contributed by atoms with Gasteiger partial charge in [-0.1, -0.05) is 213 Å². The number of hydrogen-bond donors (Lipinski definition) is 6. The number of ether oxygens (including phenoxy) is 2. The van der Waals surface area contributed by atoms with E-state index in [-0.39, 0.29) is 12.5 Å². The lowest BCUT2D eigenvalue weighted by Crippen LogP contribution is -2.60. The van der Waals surface area contributed by atoms with Gasteiger partial charge in [0.2, 0.25) is 5.91 Å². The first kappa shape index (κ1) is 52.2. The van der Waals surface area contributed by atoms with Crippen molar-refractivity contribution in [3.63, 3.8) is 0 Å². The number of amides is 1. The second-order valence-corrected chi connectivity index (χ2v) is 16.9. The predicted molar refractivity (Wildman–Crippen MR) is 226 cm³/mol. The SMILES string of the molecule is CCCCCCCCCCCCCCCCCCCCCCCC(O)C(COC1OC(CO)C(O)C(O)C1O)NC(=O)CCCCCCCCCCCCC. The average Bonchev–Trinajstić information content (AvgIpc) is 3.18. The lowest BCUT2D eigenvalue weighted by molar-refractivity contribution is -0.302. The Morgan fingerprint density at radius 3 is 1.29 bits per heavy atom. The molecule has 55 heavy (non-hydrogen) atoms.